The number of hydrogen-bond donors (Lipinski definition) is 1. The Balaban J connectivity index is 0.00000218. The molecule has 2 aliphatic carbocycles. The topological polar surface area (TPSA) is 54.7 Å². The highest BCUT2D eigenvalue weighted by atomic mass is 35.5. The van der Waals surface area contributed by atoms with E-state index in [-0.39, 0.29) is 30.4 Å². The summed E-state index contributed by atoms with van der Waals surface area (Å²) in [6.07, 6.45) is 5.91. The van der Waals surface area contributed by atoms with Gasteiger partial charge in [0.05, 0.1) is 12.0 Å². The summed E-state index contributed by atoms with van der Waals surface area (Å²) >= 11 is 0. The summed E-state index contributed by atoms with van der Waals surface area (Å²) in [6, 6.07) is 7.11. The lowest BCUT2D eigenvalue weighted by molar-refractivity contribution is -0.161. The Morgan fingerprint density at radius 1 is 1.23 bits per heavy atom. The average Bonchev–Trinajstić information content (AvgIpc) is 3.31. The second-order valence-electron chi connectivity index (χ2n) is 9.05. The van der Waals surface area contributed by atoms with Crippen molar-refractivity contribution in [2.45, 2.75) is 76.7 Å². The molecule has 5 rings (SSSR count). The van der Waals surface area contributed by atoms with Gasteiger partial charge in [0.25, 0.3) is 0 Å². The number of ether oxygens (including phenoxy) is 1. The molecule has 1 aliphatic heterocycles. The zero-order chi connectivity index (χ0) is 20.1. The van der Waals surface area contributed by atoms with Gasteiger partial charge in [0.15, 0.2) is 0 Å². The van der Waals surface area contributed by atoms with Gasteiger partial charge in [-0.15, -0.1) is 12.4 Å². The fourth-order valence-electron chi connectivity index (χ4n) is 6.06. The summed E-state index contributed by atoms with van der Waals surface area (Å²) in [7, 11) is 0. The van der Waals surface area contributed by atoms with Crippen molar-refractivity contribution in [3.8, 4) is 0 Å². The van der Waals surface area contributed by atoms with Crippen molar-refractivity contribution in [1.82, 2.24) is 9.47 Å². The Kier molecular flexibility index (Phi) is 6.16. The zero-order valence-electron chi connectivity index (χ0n) is 17.9. The first-order valence-electron chi connectivity index (χ1n) is 11.3. The number of carbonyl (C=O) groups excluding carboxylic acids is 1. The molecule has 2 heterocycles. The standard InChI is InChI=1S/C24H32N2O3.ClH/c1-3-25-13-15-12-20-18(17-7-5-8-19(25)23(15)17)11-16(14-26(20)4-2)24(28)29-22-10-6-9-21(22)27;/h5,7-8,13,16,18,20-22,27H,3-4,6,9-12,14H2,1-2H3;1H/t16-,18?,20-,21?,22?;/m1./s1. The van der Waals surface area contributed by atoms with Crippen LogP contribution in [0.2, 0.25) is 0 Å². The molecule has 6 heteroatoms. The Bertz CT molecular complexity index is 927. The normalized spacial score (nSPS) is 30.7. The van der Waals surface area contributed by atoms with Crippen molar-refractivity contribution in [3.63, 3.8) is 0 Å². The molecule has 2 fully saturated rings. The van der Waals surface area contributed by atoms with Crippen LogP contribution >= 0.6 is 12.4 Å². The number of aliphatic hydroxyl groups is 1. The summed E-state index contributed by atoms with van der Waals surface area (Å²) in [5.41, 5.74) is 4.17. The first-order valence-corrected chi connectivity index (χ1v) is 11.3. The van der Waals surface area contributed by atoms with E-state index in [1.54, 1.807) is 0 Å². The molecule has 1 aromatic heterocycles. The third kappa shape index (κ3) is 3.45. The van der Waals surface area contributed by atoms with Gasteiger partial charge in [-0.1, -0.05) is 19.1 Å². The number of rotatable bonds is 4. The van der Waals surface area contributed by atoms with Gasteiger partial charge >= 0.3 is 5.97 Å². The fourth-order valence-corrected chi connectivity index (χ4v) is 6.06. The van der Waals surface area contributed by atoms with Gasteiger partial charge in [-0.05, 0) is 62.8 Å². The monoisotopic (exact) mass is 432 g/mol. The van der Waals surface area contributed by atoms with Crippen LogP contribution in [0.25, 0.3) is 10.9 Å². The van der Waals surface area contributed by atoms with E-state index in [2.05, 4.69) is 47.7 Å². The van der Waals surface area contributed by atoms with E-state index in [4.69, 9.17) is 4.74 Å². The Morgan fingerprint density at radius 2 is 2.07 bits per heavy atom. The van der Waals surface area contributed by atoms with Gasteiger partial charge in [0.2, 0.25) is 0 Å². The van der Waals surface area contributed by atoms with Gasteiger partial charge in [-0.2, -0.15) is 0 Å². The highest BCUT2D eigenvalue weighted by Crippen LogP contribution is 2.45. The Labute approximate surface area is 184 Å². The molecular weight excluding hydrogens is 400 g/mol. The van der Waals surface area contributed by atoms with Crippen LogP contribution in [0.5, 0.6) is 0 Å². The largest absolute Gasteiger partial charge is 0.459 e. The number of halogens is 1. The molecule has 0 bridgehead atoms. The van der Waals surface area contributed by atoms with Gasteiger partial charge in [0, 0.05) is 42.1 Å². The van der Waals surface area contributed by atoms with E-state index in [9.17, 15) is 9.90 Å². The van der Waals surface area contributed by atoms with Gasteiger partial charge in [-0.3, -0.25) is 9.69 Å². The molecule has 3 aliphatic rings. The molecule has 5 nitrogen and oxygen atoms in total. The smallest absolute Gasteiger partial charge is 0.310 e. The van der Waals surface area contributed by atoms with Gasteiger partial charge in [0.1, 0.15) is 6.10 Å². The molecule has 3 unspecified atom stereocenters. The van der Waals surface area contributed by atoms with Crippen LogP contribution in [0, 0.1) is 5.92 Å². The van der Waals surface area contributed by atoms with E-state index in [0.29, 0.717) is 12.0 Å². The number of hydrogen-bond acceptors (Lipinski definition) is 4. The lowest BCUT2D eigenvalue weighted by atomic mass is 9.72. The molecule has 30 heavy (non-hydrogen) atoms. The number of benzene rings is 1. The SMILES string of the molecule is CCN1C[C@H](C(=O)OC2CCCC2O)CC2c3cccc4c3c(cn4CC)C[C@H]21.Cl. The van der Waals surface area contributed by atoms with Gasteiger partial charge in [-0.25, -0.2) is 0 Å². The van der Waals surface area contributed by atoms with Crippen LogP contribution in [0.1, 0.15) is 56.6 Å². The van der Waals surface area contributed by atoms with Crippen molar-refractivity contribution in [3.05, 3.63) is 35.5 Å². The second-order valence-corrected chi connectivity index (χ2v) is 9.05. The number of esters is 1. The molecule has 1 N–H and O–H groups in total. The molecule has 1 saturated heterocycles. The molecule has 5 atom stereocenters. The first-order chi connectivity index (χ1) is 14.1. The highest BCUT2D eigenvalue weighted by Gasteiger charge is 2.43. The summed E-state index contributed by atoms with van der Waals surface area (Å²) in [6.45, 7) is 7.07. The maximum Gasteiger partial charge on any atom is 0.310 e. The van der Waals surface area contributed by atoms with Crippen molar-refractivity contribution in [2.24, 2.45) is 5.92 Å². The third-order valence-corrected chi connectivity index (χ3v) is 7.54. The Hall–Kier alpha value is -1.56. The number of likely N-dealkylation sites (N-methyl/N-ethyl adjacent to an activating group) is 1. The minimum atomic E-state index is -0.489. The number of aryl methyl sites for hydroxylation is 1. The number of likely N-dealkylation sites (tertiary alicyclic amines) is 1. The van der Waals surface area contributed by atoms with E-state index in [1.807, 2.05) is 0 Å². The minimum absolute atomic E-state index is 0. The van der Waals surface area contributed by atoms with E-state index in [0.717, 1.165) is 51.7 Å². The van der Waals surface area contributed by atoms with Crippen LogP contribution in [0.4, 0.5) is 0 Å². The molecule has 1 saturated carbocycles. The predicted molar refractivity (Wildman–Crippen MR) is 120 cm³/mol. The van der Waals surface area contributed by atoms with Crippen LogP contribution in [0.3, 0.4) is 0 Å². The quantitative estimate of drug-likeness (QED) is 0.744. The predicted octanol–water partition coefficient (Wildman–Crippen LogP) is 3.89. The molecule has 0 spiro atoms. The molecule has 1 aromatic carbocycles. The summed E-state index contributed by atoms with van der Waals surface area (Å²) in [4.78, 5) is 15.5. The van der Waals surface area contributed by atoms with Crippen molar-refractivity contribution in [2.75, 3.05) is 13.1 Å². The summed E-state index contributed by atoms with van der Waals surface area (Å²) in [5, 5.41) is 11.5. The lowest BCUT2D eigenvalue weighted by Crippen LogP contribution is -2.51. The maximum absolute atomic E-state index is 13.0. The average molecular weight is 433 g/mol. The minimum Gasteiger partial charge on any atom is -0.459 e. The molecule has 164 valence electrons. The van der Waals surface area contributed by atoms with Crippen molar-refractivity contribution in [1.29, 1.82) is 0 Å². The van der Waals surface area contributed by atoms with E-state index in [1.165, 1.54) is 22.0 Å². The summed E-state index contributed by atoms with van der Waals surface area (Å²) < 4.78 is 8.14. The van der Waals surface area contributed by atoms with Crippen LogP contribution in [-0.4, -0.2) is 51.9 Å². The number of piperidine rings is 1. The number of carbonyl (C=O) groups is 1. The highest BCUT2D eigenvalue weighted by molar-refractivity contribution is 5.89. The maximum atomic E-state index is 13.0. The third-order valence-electron chi connectivity index (χ3n) is 7.54. The molecular formula is C24H33ClN2O3. The van der Waals surface area contributed by atoms with E-state index >= 15 is 0 Å². The molecule has 0 amide bonds. The number of aromatic nitrogens is 1. The van der Waals surface area contributed by atoms with Crippen LogP contribution in [0.15, 0.2) is 24.4 Å². The molecule has 2 aromatic rings. The summed E-state index contributed by atoms with van der Waals surface area (Å²) in [5.74, 6) is 0.129. The Morgan fingerprint density at radius 3 is 2.77 bits per heavy atom. The second kappa shape index (κ2) is 8.52. The number of fused-ring (bicyclic) bond motifs is 2. The lowest BCUT2D eigenvalue weighted by Gasteiger charge is -2.46. The first kappa shape index (κ1) is 21.7. The van der Waals surface area contributed by atoms with Crippen LogP contribution < -0.4 is 0 Å². The number of aliphatic hydroxyl groups excluding tert-OH is 1. The van der Waals surface area contributed by atoms with Gasteiger partial charge < -0.3 is 14.4 Å². The van der Waals surface area contributed by atoms with E-state index < -0.39 is 6.10 Å². The fraction of sp³-hybridized carbons (Fsp3) is 0.625. The van der Waals surface area contributed by atoms with Crippen LogP contribution in [-0.2, 0) is 22.5 Å². The van der Waals surface area contributed by atoms with Crippen molar-refractivity contribution < 1.29 is 14.6 Å². The molecule has 0 radical (unpaired) electrons. The van der Waals surface area contributed by atoms with Crippen molar-refractivity contribution >= 4 is 29.3 Å². The zero-order valence-corrected chi connectivity index (χ0v) is 18.7. The number of nitrogens with zero attached hydrogens (tertiary/aromatic N) is 2.